The Bertz CT molecular complexity index is 989. The zero-order valence-electron chi connectivity index (χ0n) is 15.3. The minimum absolute atomic E-state index is 0.0816. The molecule has 0 bridgehead atoms. The van der Waals surface area contributed by atoms with Crippen LogP contribution in [0.1, 0.15) is 13.3 Å². The highest BCUT2D eigenvalue weighted by Crippen LogP contribution is 2.34. The van der Waals surface area contributed by atoms with Gasteiger partial charge in [-0.3, -0.25) is 14.8 Å². The zero-order valence-corrected chi connectivity index (χ0v) is 15.3. The predicted octanol–water partition coefficient (Wildman–Crippen LogP) is 3.21. The summed E-state index contributed by atoms with van der Waals surface area (Å²) in [4.78, 5) is 20.3. The third-order valence-corrected chi connectivity index (χ3v) is 4.95. The number of ether oxygens (including phenoxy) is 2. The average Bonchev–Trinajstić information content (AvgIpc) is 3.14. The van der Waals surface area contributed by atoms with Crippen molar-refractivity contribution >= 4 is 16.8 Å². The van der Waals surface area contributed by atoms with Crippen LogP contribution in [0, 0.1) is 5.92 Å². The first-order valence-electron chi connectivity index (χ1n) is 8.95. The summed E-state index contributed by atoms with van der Waals surface area (Å²) < 4.78 is 11.6. The maximum atomic E-state index is 11.5. The van der Waals surface area contributed by atoms with Crippen LogP contribution in [0.3, 0.4) is 0 Å². The molecule has 3 heterocycles. The van der Waals surface area contributed by atoms with Crippen LogP contribution in [0.4, 0.5) is 0 Å². The van der Waals surface area contributed by atoms with Gasteiger partial charge in [0.25, 0.3) is 0 Å². The van der Waals surface area contributed by atoms with E-state index in [4.69, 9.17) is 9.47 Å². The van der Waals surface area contributed by atoms with Crippen LogP contribution in [-0.2, 0) is 4.79 Å². The molecule has 138 valence electrons. The molecule has 1 saturated heterocycles. The molecule has 6 heteroatoms. The lowest BCUT2D eigenvalue weighted by Gasteiger charge is -2.21. The van der Waals surface area contributed by atoms with Crippen molar-refractivity contribution in [3.05, 3.63) is 48.9 Å². The first-order chi connectivity index (χ1) is 13.1. The molecule has 27 heavy (non-hydrogen) atoms. The Morgan fingerprint density at radius 1 is 1.22 bits per heavy atom. The first-order valence-corrected chi connectivity index (χ1v) is 8.95. The molecule has 2 aromatic heterocycles. The van der Waals surface area contributed by atoms with Crippen LogP contribution in [0.5, 0.6) is 11.5 Å². The fourth-order valence-electron chi connectivity index (χ4n) is 3.36. The molecule has 3 aromatic rings. The Kier molecular flexibility index (Phi) is 4.62. The number of carbonyl (C=O) groups is 1. The lowest BCUT2D eigenvalue weighted by Crippen LogP contribution is -2.25. The summed E-state index contributed by atoms with van der Waals surface area (Å²) in [5.74, 6) is 1.69. The summed E-state index contributed by atoms with van der Waals surface area (Å²) in [7, 11) is 1.62. The van der Waals surface area contributed by atoms with Crippen LogP contribution < -0.4 is 14.8 Å². The van der Waals surface area contributed by atoms with Gasteiger partial charge in [-0.1, -0.05) is 0 Å². The second-order valence-electron chi connectivity index (χ2n) is 6.75. The van der Waals surface area contributed by atoms with E-state index in [0.29, 0.717) is 18.7 Å². The van der Waals surface area contributed by atoms with E-state index in [1.165, 1.54) is 0 Å². The Morgan fingerprint density at radius 3 is 2.89 bits per heavy atom. The Morgan fingerprint density at radius 2 is 2.11 bits per heavy atom. The number of nitrogens with zero attached hydrogens (tertiary/aromatic N) is 2. The van der Waals surface area contributed by atoms with Gasteiger partial charge in [0.05, 0.1) is 18.8 Å². The molecule has 0 unspecified atom stereocenters. The maximum Gasteiger partial charge on any atom is 0.220 e. The molecule has 1 fully saturated rings. The van der Waals surface area contributed by atoms with Crippen molar-refractivity contribution in [2.75, 3.05) is 13.7 Å². The fraction of sp³-hybridized carbons (Fsp3) is 0.286. The van der Waals surface area contributed by atoms with Crippen molar-refractivity contribution in [3.8, 4) is 22.6 Å². The van der Waals surface area contributed by atoms with Crippen molar-refractivity contribution in [1.82, 2.24) is 15.3 Å². The molecule has 1 aromatic carbocycles. The van der Waals surface area contributed by atoms with E-state index in [1.54, 1.807) is 25.7 Å². The molecule has 0 radical (unpaired) electrons. The number of pyridine rings is 2. The number of carbonyl (C=O) groups excluding carboxylic acids is 1. The topological polar surface area (TPSA) is 73.3 Å². The molecule has 1 amide bonds. The van der Waals surface area contributed by atoms with Gasteiger partial charge in [0.2, 0.25) is 5.91 Å². The number of rotatable bonds is 5. The SMILES string of the molecule is COc1cncc(-c2cc(O[C@H](C)[C@H]3CNC(=O)C3)c3cccnc3c2)c1. The summed E-state index contributed by atoms with van der Waals surface area (Å²) in [6.07, 6.45) is 5.64. The smallest absolute Gasteiger partial charge is 0.220 e. The normalized spacial score (nSPS) is 17.6. The molecule has 6 nitrogen and oxygen atoms in total. The number of aromatic nitrogens is 2. The summed E-state index contributed by atoms with van der Waals surface area (Å²) in [5, 5.41) is 3.82. The third-order valence-electron chi connectivity index (χ3n) is 4.95. The van der Waals surface area contributed by atoms with E-state index in [2.05, 4.69) is 15.3 Å². The molecule has 0 aliphatic carbocycles. The van der Waals surface area contributed by atoms with Crippen LogP contribution >= 0.6 is 0 Å². The van der Waals surface area contributed by atoms with Gasteiger partial charge in [-0.25, -0.2) is 0 Å². The molecular weight excluding hydrogens is 342 g/mol. The number of fused-ring (bicyclic) bond motifs is 1. The van der Waals surface area contributed by atoms with E-state index in [1.807, 2.05) is 37.3 Å². The number of methoxy groups -OCH3 is 1. The van der Waals surface area contributed by atoms with E-state index in [0.717, 1.165) is 27.8 Å². The van der Waals surface area contributed by atoms with Gasteiger partial charge < -0.3 is 14.8 Å². The van der Waals surface area contributed by atoms with Crippen LogP contribution in [0.15, 0.2) is 48.9 Å². The molecule has 1 aliphatic heterocycles. The molecule has 1 N–H and O–H groups in total. The van der Waals surface area contributed by atoms with E-state index in [-0.39, 0.29) is 17.9 Å². The zero-order chi connectivity index (χ0) is 18.8. The van der Waals surface area contributed by atoms with E-state index >= 15 is 0 Å². The molecule has 0 saturated carbocycles. The summed E-state index contributed by atoms with van der Waals surface area (Å²) in [6, 6.07) is 9.85. The van der Waals surface area contributed by atoms with Gasteiger partial charge in [0.15, 0.2) is 0 Å². The monoisotopic (exact) mass is 363 g/mol. The van der Waals surface area contributed by atoms with Gasteiger partial charge >= 0.3 is 0 Å². The van der Waals surface area contributed by atoms with Crippen molar-refractivity contribution < 1.29 is 14.3 Å². The standard InChI is InChI=1S/C21H21N3O3/c1-13(15-9-21(25)24-11-15)27-20-8-14(7-19-18(20)4-3-5-23-19)16-6-17(26-2)12-22-10-16/h3-8,10,12-13,15H,9,11H2,1-2H3,(H,24,25)/t13-,15-/m1/s1. The average molecular weight is 363 g/mol. The third kappa shape index (κ3) is 3.56. The fourth-order valence-corrected chi connectivity index (χ4v) is 3.36. The molecule has 1 aliphatic rings. The highest BCUT2D eigenvalue weighted by atomic mass is 16.5. The summed E-state index contributed by atoms with van der Waals surface area (Å²) in [6.45, 7) is 2.66. The van der Waals surface area contributed by atoms with Gasteiger partial charge in [-0.2, -0.15) is 0 Å². The number of hydrogen-bond acceptors (Lipinski definition) is 5. The van der Waals surface area contributed by atoms with Gasteiger partial charge in [-0.05, 0) is 42.8 Å². The predicted molar refractivity (Wildman–Crippen MR) is 103 cm³/mol. The summed E-state index contributed by atoms with van der Waals surface area (Å²) >= 11 is 0. The van der Waals surface area contributed by atoms with Gasteiger partial charge in [0.1, 0.15) is 17.6 Å². The number of nitrogens with one attached hydrogen (secondary N) is 1. The number of benzene rings is 1. The van der Waals surface area contributed by atoms with Crippen molar-refractivity contribution in [2.24, 2.45) is 5.92 Å². The Labute approximate surface area is 157 Å². The minimum Gasteiger partial charge on any atom is -0.495 e. The van der Waals surface area contributed by atoms with Crippen LogP contribution in [0.25, 0.3) is 22.0 Å². The lowest BCUT2D eigenvalue weighted by molar-refractivity contribution is -0.119. The molecule has 4 rings (SSSR count). The van der Waals surface area contributed by atoms with Gasteiger partial charge in [0, 0.05) is 42.2 Å². The molecule has 0 spiro atoms. The second kappa shape index (κ2) is 7.23. The largest absolute Gasteiger partial charge is 0.495 e. The molecular formula is C21H21N3O3. The van der Waals surface area contributed by atoms with Crippen molar-refractivity contribution in [1.29, 1.82) is 0 Å². The number of amides is 1. The van der Waals surface area contributed by atoms with Crippen molar-refractivity contribution in [3.63, 3.8) is 0 Å². The van der Waals surface area contributed by atoms with Crippen molar-refractivity contribution in [2.45, 2.75) is 19.4 Å². The summed E-state index contributed by atoms with van der Waals surface area (Å²) in [5.41, 5.74) is 2.73. The quantitative estimate of drug-likeness (QED) is 0.753. The van der Waals surface area contributed by atoms with Gasteiger partial charge in [-0.15, -0.1) is 0 Å². The highest BCUT2D eigenvalue weighted by Gasteiger charge is 2.28. The highest BCUT2D eigenvalue weighted by molar-refractivity contribution is 5.90. The minimum atomic E-state index is -0.0916. The second-order valence-corrected chi connectivity index (χ2v) is 6.75. The van der Waals surface area contributed by atoms with E-state index in [9.17, 15) is 4.79 Å². The van der Waals surface area contributed by atoms with Crippen LogP contribution in [-0.4, -0.2) is 35.6 Å². The maximum absolute atomic E-state index is 11.5. The van der Waals surface area contributed by atoms with E-state index < -0.39 is 0 Å². The van der Waals surface area contributed by atoms with Crippen LogP contribution in [0.2, 0.25) is 0 Å². The Balaban J connectivity index is 1.73. The number of hydrogen-bond donors (Lipinski definition) is 1. The Hall–Kier alpha value is -3.15. The first kappa shape index (κ1) is 17.3. The lowest BCUT2D eigenvalue weighted by atomic mass is 10.0. The molecule has 2 atom stereocenters.